The number of rotatable bonds is 18. The van der Waals surface area contributed by atoms with Crippen LogP contribution in [0, 0.1) is 5.92 Å². The van der Waals surface area contributed by atoms with E-state index >= 15 is 0 Å². The van der Waals surface area contributed by atoms with Crippen LogP contribution in [0.4, 0.5) is 0 Å². The molecule has 0 aliphatic rings. The third-order valence-corrected chi connectivity index (χ3v) is 4.62. The van der Waals surface area contributed by atoms with Crippen LogP contribution in [0.25, 0.3) is 0 Å². The molecule has 1 atom stereocenters. The molecule has 142 valence electrons. The Kier molecular flexibility index (Phi) is 17.8. The Balaban J connectivity index is 3.27. The zero-order valence-electron chi connectivity index (χ0n) is 16.2. The van der Waals surface area contributed by atoms with E-state index in [-0.39, 0.29) is 5.97 Å². The van der Waals surface area contributed by atoms with Gasteiger partial charge >= 0.3 is 5.97 Å². The maximum atomic E-state index is 11.5. The number of unbranched alkanes of at least 4 members (excludes halogenated alkanes) is 13. The summed E-state index contributed by atoms with van der Waals surface area (Å²) >= 11 is 0. The molecular formula is C21H40O3. The molecule has 0 radical (unpaired) electrons. The minimum absolute atomic E-state index is 0.349. The molecule has 0 amide bonds. The van der Waals surface area contributed by atoms with E-state index in [4.69, 9.17) is 4.74 Å². The average molecular weight is 341 g/mol. The zero-order chi connectivity index (χ0) is 17.9. The third kappa shape index (κ3) is 14.7. The molecule has 0 aliphatic carbocycles. The lowest BCUT2D eigenvalue weighted by molar-refractivity contribution is -0.149. The molecule has 0 aromatic heterocycles. The minimum Gasteiger partial charge on any atom is -0.465 e. The van der Waals surface area contributed by atoms with E-state index < -0.39 is 5.92 Å². The summed E-state index contributed by atoms with van der Waals surface area (Å²) in [6, 6.07) is 0. The van der Waals surface area contributed by atoms with Crippen molar-refractivity contribution in [1.29, 1.82) is 0 Å². The average Bonchev–Trinajstić information content (AvgIpc) is 2.58. The van der Waals surface area contributed by atoms with Gasteiger partial charge in [0.15, 0.2) is 0 Å². The van der Waals surface area contributed by atoms with Gasteiger partial charge in [0.2, 0.25) is 0 Å². The summed E-state index contributed by atoms with van der Waals surface area (Å²) in [4.78, 5) is 22.4. The largest absolute Gasteiger partial charge is 0.465 e. The van der Waals surface area contributed by atoms with Crippen LogP contribution in [0.5, 0.6) is 0 Å². The standard InChI is InChI=1S/C21H40O3/c1-3-5-6-7-8-9-10-11-12-13-14-15-16-17-18-20(19-22)21(23)24-4-2/h19-20H,3-18H2,1-2H3. The number of hydrogen-bond donors (Lipinski definition) is 0. The summed E-state index contributed by atoms with van der Waals surface area (Å²) in [6.07, 6.45) is 19.8. The summed E-state index contributed by atoms with van der Waals surface area (Å²) in [5.74, 6) is -0.913. The molecule has 0 fully saturated rings. The van der Waals surface area contributed by atoms with Gasteiger partial charge in [0.25, 0.3) is 0 Å². The highest BCUT2D eigenvalue weighted by molar-refractivity contribution is 5.87. The number of esters is 1. The van der Waals surface area contributed by atoms with Gasteiger partial charge in [0.05, 0.1) is 6.61 Å². The quantitative estimate of drug-likeness (QED) is 0.128. The van der Waals surface area contributed by atoms with Crippen molar-refractivity contribution in [2.45, 2.75) is 110 Å². The minimum atomic E-state index is -0.553. The molecule has 0 spiro atoms. The van der Waals surface area contributed by atoms with Crippen molar-refractivity contribution < 1.29 is 14.3 Å². The number of carbonyl (C=O) groups excluding carboxylic acids is 2. The first-order valence-corrected chi connectivity index (χ1v) is 10.4. The van der Waals surface area contributed by atoms with E-state index in [9.17, 15) is 9.59 Å². The highest BCUT2D eigenvalue weighted by atomic mass is 16.5. The Bertz CT molecular complexity index is 289. The van der Waals surface area contributed by atoms with Gasteiger partial charge < -0.3 is 9.53 Å². The second-order valence-electron chi connectivity index (χ2n) is 6.88. The summed E-state index contributed by atoms with van der Waals surface area (Å²) in [7, 11) is 0. The molecular weight excluding hydrogens is 300 g/mol. The van der Waals surface area contributed by atoms with Gasteiger partial charge in [-0.15, -0.1) is 0 Å². The Labute approximate surface area is 149 Å². The van der Waals surface area contributed by atoms with Crippen molar-refractivity contribution >= 4 is 12.3 Å². The summed E-state index contributed by atoms with van der Waals surface area (Å²) in [5, 5.41) is 0. The van der Waals surface area contributed by atoms with Crippen molar-refractivity contribution in [3.8, 4) is 0 Å². The number of hydrogen-bond acceptors (Lipinski definition) is 3. The first kappa shape index (κ1) is 23.1. The maximum absolute atomic E-state index is 11.5. The fourth-order valence-corrected chi connectivity index (χ4v) is 3.05. The number of ether oxygens (including phenoxy) is 1. The summed E-state index contributed by atoms with van der Waals surface area (Å²) in [5.41, 5.74) is 0. The second-order valence-corrected chi connectivity index (χ2v) is 6.88. The van der Waals surface area contributed by atoms with Crippen molar-refractivity contribution in [2.75, 3.05) is 6.61 Å². The Morgan fingerprint density at radius 2 is 1.17 bits per heavy atom. The van der Waals surface area contributed by atoms with Crippen LogP contribution in [0.3, 0.4) is 0 Å². The van der Waals surface area contributed by atoms with Gasteiger partial charge in [-0.05, 0) is 13.3 Å². The Hall–Kier alpha value is -0.860. The lowest BCUT2D eigenvalue weighted by Crippen LogP contribution is -2.18. The molecule has 3 heteroatoms. The first-order valence-electron chi connectivity index (χ1n) is 10.4. The molecule has 0 aliphatic heterocycles. The SMILES string of the molecule is CCCCCCCCCCCCCCCCC(C=O)C(=O)OCC. The maximum Gasteiger partial charge on any atom is 0.316 e. The second kappa shape index (κ2) is 18.5. The van der Waals surface area contributed by atoms with E-state index in [0.717, 1.165) is 19.1 Å². The highest BCUT2D eigenvalue weighted by Gasteiger charge is 2.17. The lowest BCUT2D eigenvalue weighted by atomic mass is 10.0. The molecule has 24 heavy (non-hydrogen) atoms. The van der Waals surface area contributed by atoms with Crippen LogP contribution in [-0.2, 0) is 14.3 Å². The zero-order valence-corrected chi connectivity index (χ0v) is 16.2. The van der Waals surface area contributed by atoms with E-state index in [0.29, 0.717) is 13.0 Å². The predicted molar refractivity (Wildman–Crippen MR) is 101 cm³/mol. The molecule has 0 aromatic rings. The van der Waals surface area contributed by atoms with Gasteiger partial charge in [-0.2, -0.15) is 0 Å². The normalized spacial score (nSPS) is 12.1. The molecule has 0 bridgehead atoms. The molecule has 0 rings (SSSR count). The van der Waals surface area contributed by atoms with E-state index in [1.54, 1.807) is 6.92 Å². The van der Waals surface area contributed by atoms with Crippen LogP contribution < -0.4 is 0 Å². The monoisotopic (exact) mass is 340 g/mol. The van der Waals surface area contributed by atoms with Crippen LogP contribution in [0.15, 0.2) is 0 Å². The fourth-order valence-electron chi connectivity index (χ4n) is 3.05. The van der Waals surface area contributed by atoms with Gasteiger partial charge in [-0.1, -0.05) is 96.8 Å². The van der Waals surface area contributed by atoms with Gasteiger partial charge in [-0.25, -0.2) is 0 Å². The summed E-state index contributed by atoms with van der Waals surface area (Å²) < 4.78 is 4.89. The molecule has 1 unspecified atom stereocenters. The molecule has 0 saturated heterocycles. The lowest BCUT2D eigenvalue weighted by Gasteiger charge is -2.09. The number of aldehydes is 1. The van der Waals surface area contributed by atoms with Gasteiger partial charge in [0, 0.05) is 0 Å². The van der Waals surface area contributed by atoms with E-state index in [1.807, 2.05) is 0 Å². The van der Waals surface area contributed by atoms with E-state index in [2.05, 4.69) is 6.92 Å². The molecule has 0 aromatic carbocycles. The fraction of sp³-hybridized carbons (Fsp3) is 0.905. The van der Waals surface area contributed by atoms with Crippen LogP contribution in [-0.4, -0.2) is 18.9 Å². The van der Waals surface area contributed by atoms with E-state index in [1.165, 1.54) is 77.0 Å². The van der Waals surface area contributed by atoms with Gasteiger partial charge in [0.1, 0.15) is 12.2 Å². The Morgan fingerprint density at radius 1 is 0.750 bits per heavy atom. The van der Waals surface area contributed by atoms with Crippen molar-refractivity contribution in [3.05, 3.63) is 0 Å². The topological polar surface area (TPSA) is 43.4 Å². The smallest absolute Gasteiger partial charge is 0.316 e. The van der Waals surface area contributed by atoms with Crippen molar-refractivity contribution in [1.82, 2.24) is 0 Å². The van der Waals surface area contributed by atoms with Crippen LogP contribution >= 0.6 is 0 Å². The molecule has 0 saturated carbocycles. The van der Waals surface area contributed by atoms with Crippen molar-refractivity contribution in [2.24, 2.45) is 5.92 Å². The predicted octanol–water partition coefficient (Wildman–Crippen LogP) is 6.24. The highest BCUT2D eigenvalue weighted by Crippen LogP contribution is 2.15. The molecule has 3 nitrogen and oxygen atoms in total. The van der Waals surface area contributed by atoms with Crippen LogP contribution in [0.1, 0.15) is 110 Å². The van der Waals surface area contributed by atoms with Crippen LogP contribution in [0.2, 0.25) is 0 Å². The van der Waals surface area contributed by atoms with Crippen molar-refractivity contribution in [3.63, 3.8) is 0 Å². The molecule has 0 heterocycles. The van der Waals surface area contributed by atoms with Gasteiger partial charge in [-0.3, -0.25) is 4.79 Å². The third-order valence-electron chi connectivity index (χ3n) is 4.62. The molecule has 0 N–H and O–H groups in total. The number of carbonyl (C=O) groups is 2. The summed E-state index contributed by atoms with van der Waals surface area (Å²) in [6.45, 7) is 4.38. The first-order chi connectivity index (χ1) is 11.8. The Morgan fingerprint density at radius 3 is 1.54 bits per heavy atom.